The summed E-state index contributed by atoms with van der Waals surface area (Å²) >= 11 is 6.13. The van der Waals surface area contributed by atoms with Crippen LogP contribution in [0.1, 0.15) is 16.8 Å². The molecule has 1 aromatic carbocycles. The highest BCUT2D eigenvalue weighted by Crippen LogP contribution is 2.21. The van der Waals surface area contributed by atoms with Crippen LogP contribution in [0, 0.1) is 13.8 Å². The van der Waals surface area contributed by atoms with E-state index in [0.29, 0.717) is 6.54 Å². The molecule has 2 heterocycles. The molecular formula is C16H17ClN4. The van der Waals surface area contributed by atoms with Gasteiger partial charge in [-0.05, 0) is 43.2 Å². The lowest BCUT2D eigenvalue weighted by Gasteiger charge is -2.08. The second-order valence-corrected chi connectivity index (χ2v) is 5.65. The number of benzene rings is 1. The maximum absolute atomic E-state index is 6.13. The van der Waals surface area contributed by atoms with Gasteiger partial charge in [-0.2, -0.15) is 5.10 Å². The van der Waals surface area contributed by atoms with Crippen LogP contribution in [0.5, 0.6) is 0 Å². The topological polar surface area (TPSA) is 42.7 Å². The Morgan fingerprint density at radius 1 is 1.24 bits per heavy atom. The van der Waals surface area contributed by atoms with Gasteiger partial charge in [-0.25, -0.2) is 4.98 Å². The molecule has 0 aliphatic heterocycles. The second kappa shape index (κ2) is 5.37. The maximum Gasteiger partial charge on any atom is 0.157 e. The molecule has 0 spiro atoms. The Hall–Kier alpha value is -2.07. The van der Waals surface area contributed by atoms with Crippen LogP contribution in [-0.2, 0) is 13.6 Å². The average molecular weight is 301 g/mol. The number of anilines is 1. The van der Waals surface area contributed by atoms with Gasteiger partial charge in [-0.1, -0.05) is 17.7 Å². The molecule has 3 rings (SSSR count). The lowest BCUT2D eigenvalue weighted by Crippen LogP contribution is -2.00. The zero-order valence-electron chi connectivity index (χ0n) is 12.3. The van der Waals surface area contributed by atoms with Crippen LogP contribution in [0.15, 0.2) is 30.5 Å². The lowest BCUT2D eigenvalue weighted by molar-refractivity contribution is 0.773. The zero-order valence-corrected chi connectivity index (χ0v) is 13.1. The summed E-state index contributed by atoms with van der Waals surface area (Å²) in [5.74, 6) is 0. The second-order valence-electron chi connectivity index (χ2n) is 5.24. The molecule has 0 atom stereocenters. The Morgan fingerprint density at radius 3 is 2.81 bits per heavy atom. The van der Waals surface area contributed by atoms with Gasteiger partial charge in [0.1, 0.15) is 0 Å². The molecule has 108 valence electrons. The Balaban J connectivity index is 1.81. The van der Waals surface area contributed by atoms with E-state index in [1.54, 1.807) is 0 Å². The monoisotopic (exact) mass is 300 g/mol. The predicted octanol–water partition coefficient (Wildman–Crippen LogP) is 3.85. The molecular weight excluding hydrogens is 284 g/mol. The van der Waals surface area contributed by atoms with E-state index in [1.807, 2.05) is 50.0 Å². The van der Waals surface area contributed by atoms with E-state index in [2.05, 4.69) is 21.5 Å². The third kappa shape index (κ3) is 2.72. The van der Waals surface area contributed by atoms with Crippen LogP contribution >= 0.6 is 11.6 Å². The number of fused-ring (bicyclic) bond motifs is 1. The van der Waals surface area contributed by atoms with Crippen molar-refractivity contribution in [1.82, 2.24) is 14.8 Å². The highest BCUT2D eigenvalue weighted by molar-refractivity contribution is 6.31. The molecule has 21 heavy (non-hydrogen) atoms. The van der Waals surface area contributed by atoms with Crippen molar-refractivity contribution in [1.29, 1.82) is 0 Å². The summed E-state index contributed by atoms with van der Waals surface area (Å²) < 4.78 is 1.81. The number of nitrogens with one attached hydrogen (secondary N) is 1. The molecule has 0 saturated heterocycles. The molecule has 0 bridgehead atoms. The maximum atomic E-state index is 6.13. The fourth-order valence-corrected chi connectivity index (χ4v) is 2.54. The first kappa shape index (κ1) is 13.9. The van der Waals surface area contributed by atoms with Crippen molar-refractivity contribution in [2.24, 2.45) is 7.05 Å². The standard InChI is InChI=1S/C16H17ClN4/c1-10-4-5-13(7-15(10)17)18-8-12-6-14-11(2)20-21(3)16(14)19-9-12/h4-7,9,18H,8H2,1-3H3. The third-order valence-electron chi connectivity index (χ3n) is 3.59. The SMILES string of the molecule is Cc1ccc(NCc2cnc3c(c2)c(C)nn3C)cc1Cl. The molecule has 0 radical (unpaired) electrons. The molecule has 0 fully saturated rings. The Bertz CT molecular complexity index is 807. The van der Waals surface area contributed by atoms with Crippen LogP contribution in [-0.4, -0.2) is 14.8 Å². The summed E-state index contributed by atoms with van der Waals surface area (Å²) in [6.07, 6.45) is 1.88. The highest BCUT2D eigenvalue weighted by Gasteiger charge is 2.07. The van der Waals surface area contributed by atoms with Gasteiger partial charge >= 0.3 is 0 Å². The van der Waals surface area contributed by atoms with Crippen molar-refractivity contribution >= 4 is 28.3 Å². The Morgan fingerprint density at radius 2 is 2.05 bits per heavy atom. The van der Waals surface area contributed by atoms with Crippen LogP contribution < -0.4 is 5.32 Å². The summed E-state index contributed by atoms with van der Waals surface area (Å²) in [5, 5.41) is 9.63. The van der Waals surface area contributed by atoms with Gasteiger partial charge in [0, 0.05) is 35.9 Å². The minimum atomic E-state index is 0.705. The van der Waals surface area contributed by atoms with E-state index < -0.39 is 0 Å². The molecule has 2 aromatic heterocycles. The van der Waals surface area contributed by atoms with Gasteiger partial charge in [-0.3, -0.25) is 4.68 Å². The molecule has 1 N–H and O–H groups in total. The number of nitrogens with zero attached hydrogens (tertiary/aromatic N) is 3. The van der Waals surface area contributed by atoms with E-state index in [9.17, 15) is 0 Å². The molecule has 0 amide bonds. The molecule has 5 heteroatoms. The molecule has 3 aromatic rings. The zero-order chi connectivity index (χ0) is 15.0. The fourth-order valence-electron chi connectivity index (χ4n) is 2.35. The molecule has 0 saturated carbocycles. The van der Waals surface area contributed by atoms with E-state index in [-0.39, 0.29) is 0 Å². The number of aromatic nitrogens is 3. The van der Waals surface area contributed by atoms with Crippen molar-refractivity contribution in [3.8, 4) is 0 Å². The summed E-state index contributed by atoms with van der Waals surface area (Å²) in [5.41, 5.74) is 5.12. The van der Waals surface area contributed by atoms with Crippen molar-refractivity contribution in [3.05, 3.63) is 52.3 Å². The van der Waals surface area contributed by atoms with E-state index in [0.717, 1.165) is 38.6 Å². The fraction of sp³-hybridized carbons (Fsp3) is 0.250. The van der Waals surface area contributed by atoms with Crippen molar-refractivity contribution in [2.45, 2.75) is 20.4 Å². The van der Waals surface area contributed by atoms with Crippen LogP contribution in [0.25, 0.3) is 11.0 Å². The van der Waals surface area contributed by atoms with Gasteiger partial charge < -0.3 is 5.32 Å². The number of hydrogen-bond donors (Lipinski definition) is 1. The number of hydrogen-bond acceptors (Lipinski definition) is 3. The Kier molecular flexibility index (Phi) is 3.55. The van der Waals surface area contributed by atoms with E-state index >= 15 is 0 Å². The minimum absolute atomic E-state index is 0.705. The number of halogens is 1. The first-order chi connectivity index (χ1) is 10.0. The first-order valence-corrected chi connectivity index (χ1v) is 7.20. The largest absolute Gasteiger partial charge is 0.381 e. The predicted molar refractivity (Wildman–Crippen MR) is 86.8 cm³/mol. The van der Waals surface area contributed by atoms with Crippen molar-refractivity contribution < 1.29 is 0 Å². The normalized spacial score (nSPS) is 11.0. The minimum Gasteiger partial charge on any atom is -0.381 e. The van der Waals surface area contributed by atoms with Gasteiger partial charge in [0.15, 0.2) is 5.65 Å². The number of pyridine rings is 1. The molecule has 4 nitrogen and oxygen atoms in total. The van der Waals surface area contributed by atoms with Crippen molar-refractivity contribution in [2.75, 3.05) is 5.32 Å². The summed E-state index contributed by atoms with van der Waals surface area (Å²) in [7, 11) is 1.91. The first-order valence-electron chi connectivity index (χ1n) is 6.83. The van der Waals surface area contributed by atoms with E-state index in [4.69, 9.17) is 11.6 Å². The summed E-state index contributed by atoms with van der Waals surface area (Å²) in [4.78, 5) is 4.48. The van der Waals surface area contributed by atoms with Gasteiger partial charge in [0.05, 0.1) is 5.69 Å². The highest BCUT2D eigenvalue weighted by atomic mass is 35.5. The molecule has 0 aliphatic rings. The summed E-state index contributed by atoms with van der Waals surface area (Å²) in [6.45, 7) is 4.70. The van der Waals surface area contributed by atoms with Crippen molar-refractivity contribution in [3.63, 3.8) is 0 Å². The third-order valence-corrected chi connectivity index (χ3v) is 4.00. The average Bonchev–Trinajstić information content (AvgIpc) is 2.75. The number of rotatable bonds is 3. The lowest BCUT2D eigenvalue weighted by atomic mass is 10.2. The van der Waals surface area contributed by atoms with E-state index in [1.165, 1.54) is 0 Å². The molecule has 0 aliphatic carbocycles. The smallest absolute Gasteiger partial charge is 0.157 e. The van der Waals surface area contributed by atoms with Crippen LogP contribution in [0.3, 0.4) is 0 Å². The van der Waals surface area contributed by atoms with Crippen LogP contribution in [0.4, 0.5) is 5.69 Å². The quantitative estimate of drug-likeness (QED) is 0.799. The summed E-state index contributed by atoms with van der Waals surface area (Å²) in [6, 6.07) is 8.12. The Labute approximate surface area is 128 Å². The van der Waals surface area contributed by atoms with Gasteiger partial charge in [-0.15, -0.1) is 0 Å². The van der Waals surface area contributed by atoms with Crippen LogP contribution in [0.2, 0.25) is 5.02 Å². The van der Waals surface area contributed by atoms with Gasteiger partial charge in [0.25, 0.3) is 0 Å². The molecule has 0 unspecified atom stereocenters. The van der Waals surface area contributed by atoms with Gasteiger partial charge in [0.2, 0.25) is 0 Å². The number of aryl methyl sites for hydroxylation is 3.